The van der Waals surface area contributed by atoms with Crippen molar-refractivity contribution in [2.75, 3.05) is 0 Å². The second-order valence-electron chi connectivity index (χ2n) is 1.46. The third-order valence-corrected chi connectivity index (χ3v) is 1.79. The predicted octanol–water partition coefficient (Wildman–Crippen LogP) is 1.23. The molecule has 0 amide bonds. The third-order valence-electron chi connectivity index (χ3n) is 0.780. The van der Waals surface area contributed by atoms with Gasteiger partial charge in [0.2, 0.25) is 0 Å². The zero-order valence-corrected chi connectivity index (χ0v) is 8.52. The summed E-state index contributed by atoms with van der Waals surface area (Å²) in [6.07, 6.45) is 4.26. The van der Waals surface area contributed by atoms with Gasteiger partial charge in [0.25, 0.3) is 0 Å². The molecule has 0 aliphatic carbocycles. The quantitative estimate of drug-likeness (QED) is 0.302. The molecule has 0 aliphatic heterocycles. The molecule has 0 nitrogen and oxygen atoms in total. The van der Waals surface area contributed by atoms with E-state index >= 15 is 0 Å². The standard InChI is InChI=1S/C5H11.H2S.Sb.H/c1-3-5-4-2;;;/h1,3-5H2,2H3;1H2;;/p-1. The van der Waals surface area contributed by atoms with E-state index in [1.165, 1.54) is 23.6 Å². The molecule has 0 spiro atoms. The topological polar surface area (TPSA) is 0 Å². The zero-order chi connectivity index (χ0) is 4.83. The molecule has 0 fully saturated rings. The molecule has 0 aliphatic rings. The molecule has 0 aromatic heterocycles. The Hall–Kier alpha value is 1.17. The van der Waals surface area contributed by atoms with Crippen LogP contribution in [0.1, 0.15) is 26.2 Å². The molecule has 2 heteroatoms. The number of unbranched alkanes of at least 4 members (excludes halogenated alkanes) is 2. The van der Waals surface area contributed by atoms with E-state index in [-0.39, 0.29) is 13.5 Å². The first-order chi connectivity index (χ1) is 2.91. The number of thiol groups is 1. The van der Waals surface area contributed by atoms with Crippen molar-refractivity contribution in [3.05, 3.63) is 0 Å². The minimum atomic E-state index is 0. The average Bonchev–Trinajstić information content (AvgIpc) is 1.61. The van der Waals surface area contributed by atoms with Crippen LogP contribution in [-0.2, 0) is 13.5 Å². The normalized spacial score (nSPS) is 7.71. The molecule has 7 heavy (non-hydrogen) atoms. The molecule has 0 saturated carbocycles. The molecule has 0 heterocycles. The summed E-state index contributed by atoms with van der Waals surface area (Å²) in [6, 6.07) is 0. The molecule has 0 atom stereocenters. The van der Waals surface area contributed by atoms with Crippen LogP contribution < -0.4 is 0 Å². The molecule has 1 radical (unpaired) electrons. The maximum absolute atomic E-state index is 2.24. The van der Waals surface area contributed by atoms with E-state index in [9.17, 15) is 0 Å². The van der Waals surface area contributed by atoms with Gasteiger partial charge in [0, 0.05) is 0 Å². The van der Waals surface area contributed by atoms with Crippen LogP contribution in [0.2, 0.25) is 4.37 Å². The van der Waals surface area contributed by atoms with Crippen molar-refractivity contribution in [2.24, 2.45) is 0 Å². The summed E-state index contributed by atoms with van der Waals surface area (Å²) in [5, 5.41) is 0. The minimum absolute atomic E-state index is 0. The van der Waals surface area contributed by atoms with E-state index < -0.39 is 0 Å². The summed E-state index contributed by atoms with van der Waals surface area (Å²) in [5.74, 6) is 0. The molecule has 0 unspecified atom stereocenters. The molecule has 45 valence electrons. The largest absolute Gasteiger partial charge is 0.813 e. The Bertz CT molecular complexity index is 20.0. The van der Waals surface area contributed by atoms with Gasteiger partial charge in [-0.1, -0.05) is 0 Å². The Morgan fingerprint density at radius 3 is 2.00 bits per heavy atom. The Morgan fingerprint density at radius 1 is 1.29 bits per heavy atom. The van der Waals surface area contributed by atoms with Crippen LogP contribution in [0, 0.1) is 0 Å². The minimum Gasteiger partial charge on any atom is -0.813 e. The van der Waals surface area contributed by atoms with Crippen molar-refractivity contribution in [3.8, 4) is 0 Å². The summed E-state index contributed by atoms with van der Waals surface area (Å²) in [5.41, 5.74) is 0. The van der Waals surface area contributed by atoms with E-state index in [2.05, 4.69) is 6.92 Å². The predicted molar refractivity (Wildman–Crippen MR) is 40.2 cm³/mol. The number of hydrogen-bond acceptors (Lipinski definition) is 1. The fraction of sp³-hybridized carbons (Fsp3) is 1.00. The van der Waals surface area contributed by atoms with Crippen molar-refractivity contribution in [2.45, 2.75) is 30.6 Å². The van der Waals surface area contributed by atoms with Crippen LogP contribution in [0.4, 0.5) is 0 Å². The summed E-state index contributed by atoms with van der Waals surface area (Å²) < 4.78 is 1.44. The summed E-state index contributed by atoms with van der Waals surface area (Å²) in [6.45, 7) is 2.24. The fourth-order valence-corrected chi connectivity index (χ4v) is 1.09. The second kappa shape index (κ2) is 10.2. The van der Waals surface area contributed by atoms with Crippen molar-refractivity contribution in [3.63, 3.8) is 0 Å². The SMILES string of the molecule is CCCC[CH2][SbH].[SH-]. The van der Waals surface area contributed by atoms with Crippen LogP contribution in [0.15, 0.2) is 0 Å². The Kier molecular flexibility index (Phi) is 16.1. The molecule has 0 rings (SSSR count). The van der Waals surface area contributed by atoms with Gasteiger partial charge in [0.1, 0.15) is 0 Å². The van der Waals surface area contributed by atoms with Gasteiger partial charge in [-0.05, 0) is 0 Å². The Balaban J connectivity index is 0. The third kappa shape index (κ3) is 11.0. The number of hydrogen-bond donors (Lipinski definition) is 0. The molecular weight excluding hydrogens is 214 g/mol. The van der Waals surface area contributed by atoms with Crippen LogP contribution in [0.5, 0.6) is 0 Å². The smallest absolute Gasteiger partial charge is 0.813 e. The van der Waals surface area contributed by atoms with Gasteiger partial charge >= 0.3 is 53.6 Å². The molecular formula is C5H13SSb-. The van der Waals surface area contributed by atoms with E-state index in [4.69, 9.17) is 0 Å². The van der Waals surface area contributed by atoms with Crippen molar-refractivity contribution < 1.29 is 0 Å². The Morgan fingerprint density at radius 2 is 1.86 bits per heavy atom. The number of rotatable bonds is 3. The van der Waals surface area contributed by atoms with Crippen LogP contribution in [0.25, 0.3) is 0 Å². The summed E-state index contributed by atoms with van der Waals surface area (Å²) in [4.78, 5) is 0. The fourth-order valence-electron chi connectivity index (χ4n) is 0.375. The summed E-state index contributed by atoms with van der Waals surface area (Å²) >= 11 is 1.69. The maximum atomic E-state index is 2.24. The van der Waals surface area contributed by atoms with Crippen molar-refractivity contribution in [1.29, 1.82) is 0 Å². The van der Waals surface area contributed by atoms with Crippen LogP contribution in [-0.4, -0.2) is 23.0 Å². The molecule has 0 bridgehead atoms. The van der Waals surface area contributed by atoms with E-state index in [1.54, 1.807) is 23.0 Å². The van der Waals surface area contributed by atoms with Gasteiger partial charge < -0.3 is 13.5 Å². The van der Waals surface area contributed by atoms with E-state index in [0.717, 1.165) is 0 Å². The molecule has 0 aromatic carbocycles. The first kappa shape index (κ1) is 11.0. The van der Waals surface area contributed by atoms with Gasteiger partial charge in [0.05, 0.1) is 0 Å². The van der Waals surface area contributed by atoms with Gasteiger partial charge in [0.15, 0.2) is 0 Å². The molecule has 0 aromatic rings. The average molecular weight is 227 g/mol. The van der Waals surface area contributed by atoms with Crippen molar-refractivity contribution in [1.82, 2.24) is 0 Å². The van der Waals surface area contributed by atoms with Gasteiger partial charge in [-0.2, -0.15) is 0 Å². The maximum Gasteiger partial charge on any atom is -0.813 e. The van der Waals surface area contributed by atoms with Gasteiger partial charge in [-0.15, -0.1) is 0 Å². The molecule has 0 N–H and O–H groups in total. The second-order valence-corrected chi connectivity index (χ2v) is 2.88. The first-order valence-corrected chi connectivity index (χ1v) is 4.58. The van der Waals surface area contributed by atoms with Gasteiger partial charge in [-0.3, -0.25) is 0 Å². The van der Waals surface area contributed by atoms with Crippen LogP contribution in [0.3, 0.4) is 0 Å². The zero-order valence-electron chi connectivity index (χ0n) is 4.78. The monoisotopic (exact) mass is 226 g/mol. The van der Waals surface area contributed by atoms with Crippen molar-refractivity contribution >= 4 is 36.5 Å². The van der Waals surface area contributed by atoms with Gasteiger partial charge in [-0.25, -0.2) is 0 Å². The molecule has 0 saturated heterocycles. The van der Waals surface area contributed by atoms with E-state index in [0.29, 0.717) is 0 Å². The Labute approximate surface area is 67.0 Å². The van der Waals surface area contributed by atoms with Crippen LogP contribution >= 0.6 is 0 Å². The van der Waals surface area contributed by atoms with E-state index in [1.807, 2.05) is 0 Å². The summed E-state index contributed by atoms with van der Waals surface area (Å²) in [7, 11) is 0. The first-order valence-electron chi connectivity index (χ1n) is 2.56.